The third-order valence-electron chi connectivity index (χ3n) is 6.00. The maximum absolute atomic E-state index is 17.2. The van der Waals surface area contributed by atoms with Crippen LogP contribution in [0.2, 0.25) is 0 Å². The number of benzene rings is 2. The Kier molecular flexibility index (Phi) is 8.94. The average Bonchev–Trinajstić information content (AvgIpc) is 2.89. The summed E-state index contributed by atoms with van der Waals surface area (Å²) in [7, 11) is -14.6. The van der Waals surface area contributed by atoms with Crippen molar-refractivity contribution in [1.29, 1.82) is 0 Å². The molecule has 0 heterocycles. The molecule has 0 amide bonds. The molecular weight excluding hydrogens is 533 g/mol. The minimum absolute atomic E-state index is 0.0244. The van der Waals surface area contributed by atoms with Crippen LogP contribution in [0.3, 0.4) is 0 Å². The zero-order valence-corrected chi connectivity index (χ0v) is 22.5. The Morgan fingerprint density at radius 3 is 1.94 bits per heavy atom. The molecule has 0 saturated heterocycles. The normalized spacial score (nSPS) is 20.5. The van der Waals surface area contributed by atoms with E-state index in [4.69, 9.17) is 9.05 Å². The highest BCUT2D eigenvalue weighted by atomic mass is 32.2. The summed E-state index contributed by atoms with van der Waals surface area (Å²) < 4.78 is 106. The average molecular weight is 563 g/mol. The Labute approximate surface area is 210 Å². The van der Waals surface area contributed by atoms with Crippen molar-refractivity contribution < 1.29 is 39.2 Å². The van der Waals surface area contributed by atoms with Gasteiger partial charge in [0.15, 0.2) is 0 Å². The molecule has 2 atom stereocenters. The summed E-state index contributed by atoms with van der Waals surface area (Å²) in [6.45, 7) is 2.22. The Morgan fingerprint density at radius 2 is 1.44 bits per heavy atom. The number of rotatable bonds is 10. The van der Waals surface area contributed by atoms with Gasteiger partial charge in [-0.15, -0.1) is 0 Å². The second kappa shape index (κ2) is 11.2. The molecule has 198 valence electrons. The topological polar surface area (TPSA) is 104 Å². The van der Waals surface area contributed by atoms with Crippen LogP contribution in [-0.2, 0) is 33.3 Å². The summed E-state index contributed by atoms with van der Waals surface area (Å²) in [5, 5.41) is -1.46. The molecule has 1 saturated carbocycles. The second-order valence-corrected chi connectivity index (χ2v) is 14.6. The van der Waals surface area contributed by atoms with Crippen LogP contribution in [0.25, 0.3) is 0 Å². The van der Waals surface area contributed by atoms with Gasteiger partial charge in [0.25, 0.3) is 0 Å². The predicted molar refractivity (Wildman–Crippen MR) is 132 cm³/mol. The van der Waals surface area contributed by atoms with E-state index >= 15 is 8.78 Å². The van der Waals surface area contributed by atoms with Gasteiger partial charge in [-0.3, -0.25) is 4.57 Å². The second-order valence-electron chi connectivity index (χ2n) is 8.25. The lowest BCUT2D eigenvalue weighted by Crippen LogP contribution is -2.44. The van der Waals surface area contributed by atoms with E-state index in [1.807, 2.05) is 0 Å². The first-order chi connectivity index (χ1) is 17.0. The Morgan fingerprint density at radius 1 is 0.944 bits per heavy atom. The fraction of sp³-hybridized carbons (Fsp3) is 0.417. The van der Waals surface area contributed by atoms with Gasteiger partial charge in [0.05, 0.1) is 23.0 Å². The molecule has 0 spiro atoms. The summed E-state index contributed by atoms with van der Waals surface area (Å²) in [5.74, 6) is -1.59. The van der Waals surface area contributed by atoms with Crippen LogP contribution >= 0.6 is 7.60 Å². The van der Waals surface area contributed by atoms with Crippen LogP contribution in [0.1, 0.15) is 39.5 Å². The van der Waals surface area contributed by atoms with Gasteiger partial charge in [-0.05, 0) is 69.4 Å². The largest absolute Gasteiger partial charge is 0.383 e. The first kappa shape index (κ1) is 28.7. The fourth-order valence-electron chi connectivity index (χ4n) is 4.35. The molecule has 2 aromatic carbocycles. The molecule has 0 aromatic heterocycles. The van der Waals surface area contributed by atoms with Gasteiger partial charge >= 0.3 is 12.3 Å². The van der Waals surface area contributed by atoms with Crippen LogP contribution in [0.4, 0.5) is 8.78 Å². The van der Waals surface area contributed by atoms with Crippen LogP contribution in [0.15, 0.2) is 81.2 Å². The summed E-state index contributed by atoms with van der Waals surface area (Å²) in [4.78, 5) is -0.726. The maximum Gasteiger partial charge on any atom is 0.383 e. The highest BCUT2D eigenvalue weighted by Gasteiger charge is 2.67. The fourth-order valence-corrected chi connectivity index (χ4v) is 10.7. The van der Waals surface area contributed by atoms with E-state index in [9.17, 15) is 21.4 Å². The van der Waals surface area contributed by atoms with Gasteiger partial charge in [0.1, 0.15) is 0 Å². The van der Waals surface area contributed by atoms with Gasteiger partial charge in [0, 0.05) is 5.92 Å². The molecule has 3 rings (SSSR count). The number of hydrogen-bond donors (Lipinski definition) is 0. The van der Waals surface area contributed by atoms with Crippen molar-refractivity contribution in [3.05, 3.63) is 71.4 Å². The van der Waals surface area contributed by atoms with E-state index in [1.165, 1.54) is 56.3 Å². The number of halogens is 2. The van der Waals surface area contributed by atoms with Crippen molar-refractivity contribution >= 4 is 27.3 Å². The van der Waals surface area contributed by atoms with E-state index in [1.54, 1.807) is 6.07 Å². The highest BCUT2D eigenvalue weighted by molar-refractivity contribution is 7.99. The Hall–Kier alpha value is -1.91. The van der Waals surface area contributed by atoms with E-state index in [0.29, 0.717) is 0 Å². The lowest BCUT2D eigenvalue weighted by Gasteiger charge is -2.39. The van der Waals surface area contributed by atoms with Crippen molar-refractivity contribution in [2.24, 2.45) is 5.92 Å². The van der Waals surface area contributed by atoms with Crippen molar-refractivity contribution in [3.8, 4) is 0 Å². The smallest absolute Gasteiger partial charge is 0.306 e. The third kappa shape index (κ3) is 5.09. The number of sulfone groups is 2. The van der Waals surface area contributed by atoms with E-state index in [-0.39, 0.29) is 42.9 Å². The first-order valence-electron chi connectivity index (χ1n) is 11.5. The molecule has 0 bridgehead atoms. The SMILES string of the molecule is CCOP(=O)(OCC)C(F)(C1CCC/C(=C(\F)S(=O)(=O)c2ccccc2)C1)S(=O)(=O)c1ccccc1. The minimum Gasteiger partial charge on any atom is -0.306 e. The molecule has 0 N–H and O–H groups in total. The summed E-state index contributed by atoms with van der Waals surface area (Å²) in [6.07, 6.45) is -0.644. The van der Waals surface area contributed by atoms with Crippen LogP contribution in [0.5, 0.6) is 0 Å². The molecule has 2 aromatic rings. The Bertz CT molecular complexity index is 1340. The molecule has 36 heavy (non-hydrogen) atoms. The van der Waals surface area contributed by atoms with Crippen molar-refractivity contribution in [1.82, 2.24) is 0 Å². The van der Waals surface area contributed by atoms with Gasteiger partial charge in [-0.1, -0.05) is 36.4 Å². The predicted octanol–water partition coefficient (Wildman–Crippen LogP) is 6.19. The molecule has 0 aliphatic heterocycles. The zero-order chi connectivity index (χ0) is 26.6. The highest BCUT2D eigenvalue weighted by Crippen LogP contribution is 2.69. The van der Waals surface area contributed by atoms with Crippen LogP contribution < -0.4 is 0 Å². The molecule has 1 aliphatic carbocycles. The maximum atomic E-state index is 17.2. The van der Waals surface area contributed by atoms with E-state index in [2.05, 4.69) is 0 Å². The lowest BCUT2D eigenvalue weighted by molar-refractivity contribution is 0.136. The molecule has 0 radical (unpaired) electrons. The summed E-state index contributed by atoms with van der Waals surface area (Å²) in [5.41, 5.74) is -0.264. The number of allylic oxidation sites excluding steroid dienone is 1. The van der Waals surface area contributed by atoms with Gasteiger partial charge in [-0.25, -0.2) is 21.2 Å². The lowest BCUT2D eigenvalue weighted by atomic mass is 9.86. The number of alkyl halides is 1. The third-order valence-corrected chi connectivity index (χ3v) is 13.3. The van der Waals surface area contributed by atoms with Crippen LogP contribution in [-0.4, -0.2) is 34.8 Å². The molecule has 7 nitrogen and oxygen atoms in total. The summed E-state index contributed by atoms with van der Waals surface area (Å²) >= 11 is 0. The standard InChI is InChI=1S/C24H29F2O7PS2/c1-3-32-34(27,33-4-2)24(26,36(30,31)22-16-9-6-10-17-22)20-13-11-12-19(18-20)23(25)35(28,29)21-14-7-5-8-15-21/h5-10,14-17,20H,3-4,11-13,18H2,1-2H3/b23-19-. The first-order valence-corrected chi connectivity index (χ1v) is 16.0. The van der Waals surface area contributed by atoms with E-state index in [0.717, 1.165) is 12.1 Å². The van der Waals surface area contributed by atoms with Gasteiger partial charge in [0.2, 0.25) is 24.8 Å². The molecule has 2 unspecified atom stereocenters. The van der Waals surface area contributed by atoms with Crippen molar-refractivity contribution in [3.63, 3.8) is 0 Å². The van der Waals surface area contributed by atoms with Gasteiger partial charge in [-0.2, -0.15) is 4.39 Å². The van der Waals surface area contributed by atoms with Gasteiger partial charge < -0.3 is 9.05 Å². The molecule has 1 fully saturated rings. The number of hydrogen-bond acceptors (Lipinski definition) is 7. The zero-order valence-electron chi connectivity index (χ0n) is 20.0. The Balaban J connectivity index is 2.18. The van der Waals surface area contributed by atoms with E-state index < -0.39 is 54.4 Å². The quantitative estimate of drug-likeness (QED) is 0.318. The molecule has 12 heteroatoms. The van der Waals surface area contributed by atoms with Crippen LogP contribution in [0, 0.1) is 5.92 Å². The monoisotopic (exact) mass is 562 g/mol. The molecule has 1 aliphatic rings. The minimum atomic E-state index is -5.01. The van der Waals surface area contributed by atoms with Crippen molar-refractivity contribution in [2.45, 2.75) is 54.1 Å². The van der Waals surface area contributed by atoms with Crippen molar-refractivity contribution in [2.75, 3.05) is 13.2 Å². The molecular formula is C24H29F2O7PS2. The summed E-state index contributed by atoms with van der Waals surface area (Å²) in [6, 6.07) is 13.5.